The number of likely N-dealkylation sites (tertiary alicyclic amines) is 1. The average molecular weight is 378 g/mol. The molecule has 1 atom stereocenters. The van der Waals surface area contributed by atoms with E-state index in [0.29, 0.717) is 17.8 Å². The molecule has 0 spiro atoms. The van der Waals surface area contributed by atoms with Crippen LogP contribution in [0.5, 0.6) is 0 Å². The Hall–Kier alpha value is -2.96. The van der Waals surface area contributed by atoms with E-state index in [-0.39, 0.29) is 11.9 Å². The molecular weight excluding hydrogens is 352 g/mol. The maximum absolute atomic E-state index is 13.2. The second-order valence-electron chi connectivity index (χ2n) is 7.26. The molecule has 0 radical (unpaired) electrons. The van der Waals surface area contributed by atoms with Crippen molar-refractivity contribution in [1.29, 1.82) is 0 Å². The molecule has 2 aromatic rings. The summed E-state index contributed by atoms with van der Waals surface area (Å²) in [4.78, 5) is 21.5. The third-order valence-electron chi connectivity index (χ3n) is 5.37. The number of piperidine rings is 1. The van der Waals surface area contributed by atoms with Crippen molar-refractivity contribution in [3.8, 4) is 5.69 Å². The van der Waals surface area contributed by atoms with Crippen molar-refractivity contribution in [2.24, 2.45) is 4.99 Å². The van der Waals surface area contributed by atoms with Crippen molar-refractivity contribution in [3.05, 3.63) is 54.0 Å². The average Bonchev–Trinajstić information content (AvgIpc) is 3.29. The molecule has 28 heavy (non-hydrogen) atoms. The zero-order valence-electron chi connectivity index (χ0n) is 16.2. The number of carbonyl (C=O) groups is 1. The van der Waals surface area contributed by atoms with Crippen LogP contribution in [0.25, 0.3) is 5.69 Å². The monoisotopic (exact) mass is 378 g/mol. The number of hydrogen-bond acceptors (Lipinski definition) is 4. The fraction of sp³-hybridized carbons (Fsp3) is 0.429. The third-order valence-corrected chi connectivity index (χ3v) is 5.37. The number of aromatic nitrogens is 3. The highest BCUT2D eigenvalue weighted by molar-refractivity contribution is 5.97. The number of amidine groups is 1. The van der Waals surface area contributed by atoms with E-state index in [1.165, 1.54) is 10.4 Å². The van der Waals surface area contributed by atoms with Gasteiger partial charge in [-0.15, -0.1) is 0 Å². The lowest BCUT2D eigenvalue weighted by atomic mass is 10.0. The lowest BCUT2D eigenvalue weighted by Crippen LogP contribution is -2.42. The molecule has 2 aliphatic rings. The number of hydrogen-bond donors (Lipinski definition) is 1. The summed E-state index contributed by atoms with van der Waals surface area (Å²) in [6, 6.07) is 7.64. The number of aliphatic imine (C=N–C) groups is 1. The molecule has 146 valence electrons. The quantitative estimate of drug-likeness (QED) is 0.888. The molecule has 3 heterocycles. The van der Waals surface area contributed by atoms with Gasteiger partial charge in [0.15, 0.2) is 0 Å². The standard InChI is InChI=1S/C21H26N6O/c1-2-16-9-10-20(22-14-16)25-17-6-5-13-26(15-17)21(28)18-7-3-4-8-19(18)27-23-11-12-24-27/h3-4,7-8,11-12,14,17H,2,5-6,9-10,13,15H2,1H3,(H,22,25)/t17-/m1/s1. The number of allylic oxidation sites excluding steroid dienone is 1. The first kappa shape index (κ1) is 18.4. The molecule has 2 aliphatic heterocycles. The molecule has 1 fully saturated rings. The van der Waals surface area contributed by atoms with Crippen LogP contribution in [0.1, 0.15) is 49.4 Å². The number of rotatable bonds is 4. The molecule has 0 bridgehead atoms. The summed E-state index contributed by atoms with van der Waals surface area (Å²) in [6.45, 7) is 3.58. The number of para-hydroxylation sites is 1. The van der Waals surface area contributed by atoms with Gasteiger partial charge in [-0.25, -0.2) is 0 Å². The molecule has 1 N–H and O–H groups in total. The minimum atomic E-state index is 0.0163. The van der Waals surface area contributed by atoms with Gasteiger partial charge in [0.25, 0.3) is 5.91 Å². The first-order valence-corrected chi connectivity index (χ1v) is 10.0. The molecule has 1 aromatic heterocycles. The zero-order valence-corrected chi connectivity index (χ0v) is 16.2. The zero-order chi connectivity index (χ0) is 19.3. The van der Waals surface area contributed by atoms with Gasteiger partial charge in [-0.2, -0.15) is 15.0 Å². The van der Waals surface area contributed by atoms with Gasteiger partial charge in [0, 0.05) is 25.7 Å². The van der Waals surface area contributed by atoms with Crippen LogP contribution in [0, 0.1) is 0 Å². The van der Waals surface area contributed by atoms with Crippen molar-refractivity contribution in [3.63, 3.8) is 0 Å². The fourth-order valence-electron chi connectivity index (χ4n) is 3.79. The van der Waals surface area contributed by atoms with Crippen LogP contribution in [0.3, 0.4) is 0 Å². The van der Waals surface area contributed by atoms with E-state index in [1.807, 2.05) is 29.2 Å². The largest absolute Gasteiger partial charge is 0.350 e. The van der Waals surface area contributed by atoms with Crippen molar-refractivity contribution in [2.75, 3.05) is 13.1 Å². The molecule has 0 aliphatic carbocycles. The minimum Gasteiger partial charge on any atom is -0.350 e. The highest BCUT2D eigenvalue weighted by Crippen LogP contribution is 2.21. The second kappa shape index (κ2) is 8.37. The summed E-state index contributed by atoms with van der Waals surface area (Å²) >= 11 is 0. The van der Waals surface area contributed by atoms with E-state index in [1.54, 1.807) is 12.4 Å². The smallest absolute Gasteiger partial charge is 0.256 e. The molecule has 7 heteroatoms. The molecule has 1 saturated heterocycles. The SMILES string of the molecule is CCC1=CNC(=N[C@@H]2CCCN(C(=O)c3ccccc3-n3nccn3)C2)CC1. The van der Waals surface area contributed by atoms with E-state index in [9.17, 15) is 4.79 Å². The summed E-state index contributed by atoms with van der Waals surface area (Å²) in [5.41, 5.74) is 2.76. The van der Waals surface area contributed by atoms with Crippen LogP contribution >= 0.6 is 0 Å². The molecule has 4 rings (SSSR count). The third kappa shape index (κ3) is 3.98. The van der Waals surface area contributed by atoms with Gasteiger partial charge in [0.1, 0.15) is 5.84 Å². The molecular formula is C21H26N6O. The number of benzene rings is 1. The Bertz CT molecular complexity index is 886. The summed E-state index contributed by atoms with van der Waals surface area (Å²) in [7, 11) is 0. The summed E-state index contributed by atoms with van der Waals surface area (Å²) in [5.74, 6) is 1.06. The Kier molecular flexibility index (Phi) is 5.50. The number of nitrogens with zero attached hydrogens (tertiary/aromatic N) is 5. The van der Waals surface area contributed by atoms with Crippen LogP contribution in [0.4, 0.5) is 0 Å². The predicted molar refractivity (Wildman–Crippen MR) is 108 cm³/mol. The van der Waals surface area contributed by atoms with Crippen LogP contribution in [-0.2, 0) is 0 Å². The maximum Gasteiger partial charge on any atom is 0.256 e. The van der Waals surface area contributed by atoms with E-state index < -0.39 is 0 Å². The fourth-order valence-corrected chi connectivity index (χ4v) is 3.79. The normalized spacial score (nSPS) is 21.3. The molecule has 0 saturated carbocycles. The van der Waals surface area contributed by atoms with Gasteiger partial charge in [0.05, 0.1) is 29.7 Å². The van der Waals surface area contributed by atoms with E-state index in [4.69, 9.17) is 4.99 Å². The summed E-state index contributed by atoms with van der Waals surface area (Å²) < 4.78 is 0. The maximum atomic E-state index is 13.2. The minimum absolute atomic E-state index is 0.0163. The summed E-state index contributed by atoms with van der Waals surface area (Å²) in [6.07, 6.45) is 10.4. The van der Waals surface area contributed by atoms with Crippen molar-refractivity contribution in [2.45, 2.75) is 45.1 Å². The molecule has 1 aromatic carbocycles. The molecule has 7 nitrogen and oxygen atoms in total. The van der Waals surface area contributed by atoms with Crippen LogP contribution in [0.2, 0.25) is 0 Å². The van der Waals surface area contributed by atoms with Crippen molar-refractivity contribution >= 4 is 11.7 Å². The van der Waals surface area contributed by atoms with Crippen LogP contribution in [-0.4, -0.2) is 50.8 Å². The van der Waals surface area contributed by atoms with Gasteiger partial charge < -0.3 is 10.2 Å². The first-order chi connectivity index (χ1) is 13.7. The number of carbonyl (C=O) groups excluding carboxylic acids is 1. The Balaban J connectivity index is 1.48. The lowest BCUT2D eigenvalue weighted by molar-refractivity contribution is 0.0709. The van der Waals surface area contributed by atoms with Gasteiger partial charge in [-0.3, -0.25) is 9.79 Å². The topological polar surface area (TPSA) is 75.4 Å². The Morgan fingerprint density at radius 2 is 2.07 bits per heavy atom. The highest BCUT2D eigenvalue weighted by Gasteiger charge is 2.26. The van der Waals surface area contributed by atoms with Gasteiger partial charge in [-0.05, 0) is 37.8 Å². The molecule has 1 amide bonds. The van der Waals surface area contributed by atoms with Crippen LogP contribution in [0.15, 0.2) is 53.4 Å². The first-order valence-electron chi connectivity index (χ1n) is 10.0. The summed E-state index contributed by atoms with van der Waals surface area (Å²) in [5, 5.41) is 11.7. The van der Waals surface area contributed by atoms with Gasteiger partial charge >= 0.3 is 0 Å². The van der Waals surface area contributed by atoms with Crippen molar-refractivity contribution in [1.82, 2.24) is 25.2 Å². The number of nitrogens with one attached hydrogen (secondary N) is 1. The molecule has 0 unspecified atom stereocenters. The van der Waals surface area contributed by atoms with E-state index in [2.05, 4.69) is 28.6 Å². The predicted octanol–water partition coefficient (Wildman–Crippen LogP) is 2.95. The van der Waals surface area contributed by atoms with E-state index in [0.717, 1.165) is 44.5 Å². The Labute approximate surface area is 165 Å². The van der Waals surface area contributed by atoms with Crippen LogP contribution < -0.4 is 5.32 Å². The Morgan fingerprint density at radius 3 is 2.82 bits per heavy atom. The second-order valence-corrected chi connectivity index (χ2v) is 7.26. The highest BCUT2D eigenvalue weighted by atomic mass is 16.2. The lowest BCUT2D eigenvalue weighted by Gasteiger charge is -2.32. The van der Waals surface area contributed by atoms with Crippen molar-refractivity contribution < 1.29 is 4.79 Å². The van der Waals surface area contributed by atoms with Gasteiger partial charge in [-0.1, -0.05) is 24.6 Å². The van der Waals surface area contributed by atoms with E-state index >= 15 is 0 Å². The Morgan fingerprint density at radius 1 is 1.25 bits per heavy atom. The number of amides is 1. The van der Waals surface area contributed by atoms with Gasteiger partial charge in [0.2, 0.25) is 0 Å².